The summed E-state index contributed by atoms with van der Waals surface area (Å²) in [5, 5.41) is 0. The average Bonchev–Trinajstić information content (AvgIpc) is 2.80. The fourth-order valence-electron chi connectivity index (χ4n) is 4.67. The van der Waals surface area contributed by atoms with Crippen molar-refractivity contribution >= 4 is 0 Å². The number of likely N-dealkylation sites (tertiary alicyclic amines) is 1. The van der Waals surface area contributed by atoms with E-state index in [1.807, 2.05) is 0 Å². The van der Waals surface area contributed by atoms with Crippen LogP contribution in [0.3, 0.4) is 0 Å². The van der Waals surface area contributed by atoms with Crippen LogP contribution >= 0.6 is 0 Å². The van der Waals surface area contributed by atoms with Crippen LogP contribution < -0.4 is 5.73 Å². The summed E-state index contributed by atoms with van der Waals surface area (Å²) in [4.78, 5) is 2.74. The molecule has 1 aliphatic carbocycles. The lowest BCUT2D eigenvalue weighted by atomic mass is 9.72. The van der Waals surface area contributed by atoms with Crippen LogP contribution in [-0.4, -0.2) is 24.5 Å². The van der Waals surface area contributed by atoms with Crippen LogP contribution in [-0.2, 0) is 12.0 Å². The van der Waals surface area contributed by atoms with E-state index in [9.17, 15) is 0 Å². The Hall–Kier alpha value is -0.860. The van der Waals surface area contributed by atoms with Crippen molar-refractivity contribution in [2.75, 3.05) is 19.6 Å². The standard InChI is InChI=1S/C19H30N2/c1-15-9-10-16(2)18-17(15)8-7-11-19(18,14-20)21-12-5-3-4-6-13-21/h9-10H,3-8,11-14,20H2,1-2H3. The lowest BCUT2D eigenvalue weighted by molar-refractivity contribution is 0.0769. The van der Waals surface area contributed by atoms with Crippen molar-refractivity contribution in [3.8, 4) is 0 Å². The fraction of sp³-hybridized carbons (Fsp3) is 0.684. The summed E-state index contributed by atoms with van der Waals surface area (Å²) in [6.07, 6.45) is 9.20. The first-order valence-corrected chi connectivity index (χ1v) is 8.74. The lowest BCUT2D eigenvalue weighted by Gasteiger charge is -2.48. The zero-order valence-electron chi connectivity index (χ0n) is 13.8. The third-order valence-corrected chi connectivity index (χ3v) is 5.79. The molecule has 2 heteroatoms. The minimum atomic E-state index is 0.105. The number of hydrogen-bond donors (Lipinski definition) is 1. The molecule has 1 aromatic carbocycles. The van der Waals surface area contributed by atoms with Gasteiger partial charge in [-0.25, -0.2) is 0 Å². The van der Waals surface area contributed by atoms with Gasteiger partial charge in [-0.15, -0.1) is 0 Å². The minimum absolute atomic E-state index is 0.105. The second-order valence-electron chi connectivity index (χ2n) is 7.04. The summed E-state index contributed by atoms with van der Waals surface area (Å²) in [7, 11) is 0. The Morgan fingerprint density at radius 2 is 1.67 bits per heavy atom. The maximum Gasteiger partial charge on any atom is 0.0589 e. The van der Waals surface area contributed by atoms with E-state index in [1.165, 1.54) is 69.2 Å². The highest BCUT2D eigenvalue weighted by Gasteiger charge is 2.41. The smallest absolute Gasteiger partial charge is 0.0589 e. The van der Waals surface area contributed by atoms with E-state index in [4.69, 9.17) is 5.73 Å². The van der Waals surface area contributed by atoms with Crippen molar-refractivity contribution in [3.05, 3.63) is 34.4 Å². The molecule has 1 unspecified atom stereocenters. The Morgan fingerprint density at radius 1 is 1.00 bits per heavy atom. The average molecular weight is 286 g/mol. The molecule has 0 saturated carbocycles. The van der Waals surface area contributed by atoms with Crippen molar-refractivity contribution in [1.82, 2.24) is 4.90 Å². The highest BCUT2D eigenvalue weighted by Crippen LogP contribution is 2.43. The molecule has 2 nitrogen and oxygen atoms in total. The third kappa shape index (κ3) is 2.53. The molecule has 0 radical (unpaired) electrons. The van der Waals surface area contributed by atoms with E-state index in [0.717, 1.165) is 6.54 Å². The Bertz CT molecular complexity index is 501. The molecule has 1 fully saturated rings. The summed E-state index contributed by atoms with van der Waals surface area (Å²) < 4.78 is 0. The van der Waals surface area contributed by atoms with E-state index >= 15 is 0 Å². The monoisotopic (exact) mass is 286 g/mol. The van der Waals surface area contributed by atoms with Crippen LogP contribution in [0.2, 0.25) is 0 Å². The minimum Gasteiger partial charge on any atom is -0.328 e. The summed E-state index contributed by atoms with van der Waals surface area (Å²) in [6.45, 7) is 7.78. The quantitative estimate of drug-likeness (QED) is 0.899. The zero-order chi connectivity index (χ0) is 14.9. The van der Waals surface area contributed by atoms with Crippen LogP contribution in [0.5, 0.6) is 0 Å². The van der Waals surface area contributed by atoms with E-state index in [1.54, 1.807) is 11.1 Å². The van der Waals surface area contributed by atoms with Gasteiger partial charge in [-0.1, -0.05) is 25.0 Å². The van der Waals surface area contributed by atoms with E-state index in [2.05, 4.69) is 30.9 Å². The molecule has 1 heterocycles. The number of fused-ring (bicyclic) bond motifs is 1. The van der Waals surface area contributed by atoms with Gasteiger partial charge < -0.3 is 5.73 Å². The van der Waals surface area contributed by atoms with Crippen molar-refractivity contribution in [1.29, 1.82) is 0 Å². The first kappa shape index (κ1) is 15.1. The highest BCUT2D eigenvalue weighted by molar-refractivity contribution is 5.46. The van der Waals surface area contributed by atoms with Crippen LogP contribution in [0.4, 0.5) is 0 Å². The molecule has 21 heavy (non-hydrogen) atoms. The number of nitrogens with two attached hydrogens (primary N) is 1. The Morgan fingerprint density at radius 3 is 2.33 bits per heavy atom. The van der Waals surface area contributed by atoms with Gasteiger partial charge in [-0.3, -0.25) is 4.90 Å². The summed E-state index contributed by atoms with van der Waals surface area (Å²) in [6, 6.07) is 4.60. The van der Waals surface area contributed by atoms with Gasteiger partial charge in [0.1, 0.15) is 0 Å². The van der Waals surface area contributed by atoms with Crippen molar-refractivity contribution in [3.63, 3.8) is 0 Å². The van der Waals surface area contributed by atoms with Gasteiger partial charge >= 0.3 is 0 Å². The normalized spacial score (nSPS) is 27.2. The van der Waals surface area contributed by atoms with Crippen LogP contribution in [0.1, 0.15) is 60.8 Å². The number of hydrogen-bond acceptors (Lipinski definition) is 2. The Labute approximate surface area is 129 Å². The van der Waals surface area contributed by atoms with E-state index in [0.29, 0.717) is 0 Å². The van der Waals surface area contributed by atoms with E-state index < -0.39 is 0 Å². The zero-order valence-corrected chi connectivity index (χ0v) is 13.8. The van der Waals surface area contributed by atoms with E-state index in [-0.39, 0.29) is 5.54 Å². The van der Waals surface area contributed by atoms with Crippen LogP contribution in [0.15, 0.2) is 12.1 Å². The molecule has 2 aliphatic rings. The van der Waals surface area contributed by atoms with Crippen LogP contribution in [0.25, 0.3) is 0 Å². The summed E-state index contributed by atoms with van der Waals surface area (Å²) >= 11 is 0. The predicted octanol–water partition coefficient (Wildman–Crippen LogP) is 3.67. The van der Waals surface area contributed by atoms with Gasteiger partial charge in [0.2, 0.25) is 0 Å². The number of rotatable bonds is 2. The molecule has 2 N–H and O–H groups in total. The molecule has 1 aliphatic heterocycles. The molecule has 0 amide bonds. The number of aryl methyl sites for hydroxylation is 2. The molecule has 0 aromatic heterocycles. The first-order valence-electron chi connectivity index (χ1n) is 8.74. The molecular formula is C19H30N2. The largest absolute Gasteiger partial charge is 0.328 e. The van der Waals surface area contributed by atoms with Gasteiger partial charge in [0, 0.05) is 6.54 Å². The van der Waals surface area contributed by atoms with Crippen molar-refractivity contribution in [2.24, 2.45) is 5.73 Å². The Balaban J connectivity index is 2.09. The first-order chi connectivity index (χ1) is 10.2. The Kier molecular flexibility index (Phi) is 4.37. The molecular weight excluding hydrogens is 256 g/mol. The summed E-state index contributed by atoms with van der Waals surface area (Å²) in [5.41, 5.74) is 12.6. The van der Waals surface area contributed by atoms with Gasteiger partial charge in [0.25, 0.3) is 0 Å². The van der Waals surface area contributed by atoms with Crippen molar-refractivity contribution in [2.45, 2.75) is 64.3 Å². The second-order valence-corrected chi connectivity index (χ2v) is 7.04. The number of benzene rings is 1. The predicted molar refractivity (Wildman–Crippen MR) is 89.6 cm³/mol. The molecule has 1 aromatic rings. The molecule has 3 rings (SSSR count). The fourth-order valence-corrected chi connectivity index (χ4v) is 4.67. The van der Waals surface area contributed by atoms with Gasteiger partial charge in [-0.05, 0) is 81.3 Å². The lowest BCUT2D eigenvalue weighted by Crippen LogP contribution is -2.54. The maximum atomic E-state index is 6.41. The summed E-state index contributed by atoms with van der Waals surface area (Å²) in [5.74, 6) is 0. The third-order valence-electron chi connectivity index (χ3n) is 5.79. The maximum absolute atomic E-state index is 6.41. The highest BCUT2D eigenvalue weighted by atomic mass is 15.2. The van der Waals surface area contributed by atoms with Gasteiger partial charge in [-0.2, -0.15) is 0 Å². The van der Waals surface area contributed by atoms with Crippen LogP contribution in [0, 0.1) is 13.8 Å². The SMILES string of the molecule is Cc1ccc(C)c2c1CCCC2(CN)N1CCCCCC1. The van der Waals surface area contributed by atoms with Crippen molar-refractivity contribution < 1.29 is 0 Å². The second kappa shape index (κ2) is 6.10. The number of nitrogens with zero attached hydrogens (tertiary/aromatic N) is 1. The molecule has 1 atom stereocenters. The molecule has 0 bridgehead atoms. The molecule has 1 saturated heterocycles. The van der Waals surface area contributed by atoms with Gasteiger partial charge in [0.05, 0.1) is 5.54 Å². The molecule has 0 spiro atoms. The molecule has 116 valence electrons. The topological polar surface area (TPSA) is 29.3 Å². The van der Waals surface area contributed by atoms with Gasteiger partial charge in [0.15, 0.2) is 0 Å².